The minimum Gasteiger partial charge on any atom is -0.385 e. The van der Waals surface area contributed by atoms with Gasteiger partial charge in [-0.15, -0.1) is 0 Å². The summed E-state index contributed by atoms with van der Waals surface area (Å²) in [7, 11) is -3.05. The molecule has 2 N–H and O–H groups in total. The van der Waals surface area contributed by atoms with Gasteiger partial charge in [-0.25, -0.2) is 8.42 Å². The third-order valence-electron chi connectivity index (χ3n) is 2.69. The summed E-state index contributed by atoms with van der Waals surface area (Å²) in [5.41, 5.74) is 1.12. The van der Waals surface area contributed by atoms with E-state index in [4.69, 9.17) is 0 Å². The van der Waals surface area contributed by atoms with Gasteiger partial charge in [0.2, 0.25) is 0 Å². The highest BCUT2D eigenvalue weighted by Gasteiger charge is 2.11. The molecule has 112 valence electrons. The Kier molecular flexibility index (Phi) is 5.75. The van der Waals surface area contributed by atoms with Crippen LogP contribution in [0, 0.1) is 10.1 Å². The summed E-state index contributed by atoms with van der Waals surface area (Å²) >= 11 is 0. The van der Waals surface area contributed by atoms with Gasteiger partial charge in [0.15, 0.2) is 9.84 Å². The summed E-state index contributed by atoms with van der Waals surface area (Å²) in [6.45, 7) is 4.35. The molecule has 0 heterocycles. The van der Waals surface area contributed by atoms with Crippen LogP contribution in [0.2, 0.25) is 0 Å². The third-order valence-corrected chi connectivity index (χ3v) is 4.40. The smallest absolute Gasteiger partial charge is 0.273 e. The maximum absolute atomic E-state index is 11.4. The molecule has 20 heavy (non-hydrogen) atoms. The van der Waals surface area contributed by atoms with Gasteiger partial charge in [-0.3, -0.25) is 10.1 Å². The molecule has 0 radical (unpaired) electrons. The fourth-order valence-electron chi connectivity index (χ4n) is 1.62. The maximum atomic E-state index is 11.4. The van der Waals surface area contributed by atoms with Crippen LogP contribution < -0.4 is 10.6 Å². The first kappa shape index (κ1) is 16.2. The van der Waals surface area contributed by atoms with Gasteiger partial charge in [0, 0.05) is 42.3 Å². The third kappa shape index (κ3) is 5.04. The van der Waals surface area contributed by atoms with Crippen LogP contribution in [-0.2, 0) is 9.84 Å². The Bertz CT molecular complexity index is 572. The van der Waals surface area contributed by atoms with Crippen molar-refractivity contribution in [2.45, 2.75) is 13.8 Å². The number of hydrogen-bond donors (Lipinski definition) is 2. The van der Waals surface area contributed by atoms with Crippen molar-refractivity contribution in [1.82, 2.24) is 0 Å². The molecule has 8 heteroatoms. The molecule has 1 aromatic rings. The fraction of sp³-hybridized carbons (Fsp3) is 0.500. The molecule has 0 bridgehead atoms. The molecule has 0 amide bonds. The van der Waals surface area contributed by atoms with Crippen molar-refractivity contribution in [3.8, 4) is 0 Å². The molecule has 7 nitrogen and oxygen atoms in total. The van der Waals surface area contributed by atoms with Gasteiger partial charge in [0.05, 0.1) is 10.7 Å². The Labute approximate surface area is 118 Å². The lowest BCUT2D eigenvalue weighted by Crippen LogP contribution is -2.17. The molecule has 0 saturated heterocycles. The normalized spacial score (nSPS) is 11.1. The first-order valence-electron chi connectivity index (χ1n) is 6.35. The standard InChI is InChI=1S/C12H19N3O4S/c1-3-13-10-7-11(9-12(8-10)15(16)17)14-5-6-20(18,19)4-2/h7-9,13-14H,3-6H2,1-2H3. The number of rotatable bonds is 8. The topological polar surface area (TPSA) is 101 Å². The van der Waals surface area contributed by atoms with Crippen molar-refractivity contribution in [2.24, 2.45) is 0 Å². The van der Waals surface area contributed by atoms with Crippen molar-refractivity contribution >= 4 is 26.9 Å². The summed E-state index contributed by atoms with van der Waals surface area (Å²) in [5, 5.41) is 16.7. The van der Waals surface area contributed by atoms with Crippen molar-refractivity contribution in [2.75, 3.05) is 35.2 Å². The maximum Gasteiger partial charge on any atom is 0.273 e. The van der Waals surface area contributed by atoms with E-state index in [0.717, 1.165) is 0 Å². The minimum absolute atomic E-state index is 0.00271. The minimum atomic E-state index is -3.05. The highest BCUT2D eigenvalue weighted by molar-refractivity contribution is 7.91. The molecule has 0 fully saturated rings. The molecule has 0 atom stereocenters. The van der Waals surface area contributed by atoms with Crippen LogP contribution in [0.5, 0.6) is 0 Å². The Hall–Kier alpha value is -1.83. The largest absolute Gasteiger partial charge is 0.385 e. The number of nitrogens with zero attached hydrogens (tertiary/aromatic N) is 1. The number of nitrogens with one attached hydrogen (secondary N) is 2. The van der Waals surface area contributed by atoms with Crippen LogP contribution in [-0.4, -0.2) is 37.9 Å². The van der Waals surface area contributed by atoms with Gasteiger partial charge in [-0.1, -0.05) is 6.92 Å². The van der Waals surface area contributed by atoms with Crippen molar-refractivity contribution < 1.29 is 13.3 Å². The Balaban J connectivity index is 2.81. The lowest BCUT2D eigenvalue weighted by atomic mass is 10.2. The van der Waals surface area contributed by atoms with Crippen LogP contribution >= 0.6 is 0 Å². The second kappa shape index (κ2) is 7.09. The second-order valence-corrected chi connectivity index (χ2v) is 6.69. The van der Waals surface area contributed by atoms with E-state index in [1.54, 1.807) is 13.0 Å². The van der Waals surface area contributed by atoms with Gasteiger partial charge < -0.3 is 10.6 Å². The average Bonchev–Trinajstić information content (AvgIpc) is 2.38. The number of anilines is 2. The summed E-state index contributed by atoms with van der Waals surface area (Å²) in [6.07, 6.45) is 0. The summed E-state index contributed by atoms with van der Waals surface area (Å²) < 4.78 is 22.7. The summed E-state index contributed by atoms with van der Waals surface area (Å²) in [6, 6.07) is 4.55. The zero-order valence-electron chi connectivity index (χ0n) is 11.5. The number of nitro benzene ring substituents is 1. The first-order chi connectivity index (χ1) is 9.38. The Morgan fingerprint density at radius 2 is 1.75 bits per heavy atom. The van der Waals surface area contributed by atoms with E-state index in [1.807, 2.05) is 6.92 Å². The predicted octanol–water partition coefficient (Wildman–Crippen LogP) is 1.87. The quantitative estimate of drug-likeness (QED) is 0.561. The number of nitro groups is 1. The molecule has 0 aliphatic carbocycles. The molecule has 0 aliphatic heterocycles. The van der Waals surface area contributed by atoms with E-state index >= 15 is 0 Å². The van der Waals surface area contributed by atoms with E-state index in [-0.39, 0.29) is 23.7 Å². The fourth-order valence-corrected chi connectivity index (χ4v) is 2.32. The number of sulfone groups is 1. The van der Waals surface area contributed by atoms with E-state index in [9.17, 15) is 18.5 Å². The average molecular weight is 301 g/mol. The van der Waals surface area contributed by atoms with Gasteiger partial charge in [0.1, 0.15) is 0 Å². The zero-order chi connectivity index (χ0) is 15.2. The molecule has 0 aliphatic rings. The predicted molar refractivity (Wildman–Crippen MR) is 80.1 cm³/mol. The monoisotopic (exact) mass is 301 g/mol. The van der Waals surface area contributed by atoms with Crippen LogP contribution in [0.25, 0.3) is 0 Å². The SMILES string of the molecule is CCNc1cc(NCCS(=O)(=O)CC)cc([N+](=O)[O-])c1. The van der Waals surface area contributed by atoms with E-state index in [1.165, 1.54) is 12.1 Å². The molecule has 0 saturated carbocycles. The lowest BCUT2D eigenvalue weighted by molar-refractivity contribution is -0.384. The number of hydrogen-bond acceptors (Lipinski definition) is 6. The van der Waals surface area contributed by atoms with Crippen LogP contribution in [0.4, 0.5) is 17.1 Å². The van der Waals surface area contributed by atoms with Gasteiger partial charge in [-0.05, 0) is 13.0 Å². The highest BCUT2D eigenvalue weighted by atomic mass is 32.2. The molecule has 0 aromatic heterocycles. The molecule has 0 unspecified atom stereocenters. The number of non-ortho nitro benzene ring substituents is 1. The number of benzene rings is 1. The molecule has 1 aromatic carbocycles. The molecule has 1 rings (SSSR count). The molecule has 0 spiro atoms. The van der Waals surface area contributed by atoms with E-state index < -0.39 is 14.8 Å². The highest BCUT2D eigenvalue weighted by Crippen LogP contribution is 2.24. The van der Waals surface area contributed by atoms with E-state index in [2.05, 4.69) is 10.6 Å². The first-order valence-corrected chi connectivity index (χ1v) is 8.17. The van der Waals surface area contributed by atoms with Gasteiger partial charge in [0.25, 0.3) is 5.69 Å². The second-order valence-electron chi connectivity index (χ2n) is 4.22. The van der Waals surface area contributed by atoms with Crippen molar-refractivity contribution in [1.29, 1.82) is 0 Å². The van der Waals surface area contributed by atoms with Crippen LogP contribution in [0.15, 0.2) is 18.2 Å². The Morgan fingerprint density at radius 3 is 2.25 bits per heavy atom. The Morgan fingerprint density at radius 1 is 1.15 bits per heavy atom. The zero-order valence-corrected chi connectivity index (χ0v) is 12.4. The van der Waals surface area contributed by atoms with Crippen LogP contribution in [0.3, 0.4) is 0 Å². The molecular formula is C12H19N3O4S. The van der Waals surface area contributed by atoms with Crippen molar-refractivity contribution in [3.05, 3.63) is 28.3 Å². The van der Waals surface area contributed by atoms with Gasteiger partial charge in [-0.2, -0.15) is 0 Å². The summed E-state index contributed by atoms with van der Waals surface area (Å²) in [5.74, 6) is 0.0923. The van der Waals surface area contributed by atoms with Crippen LogP contribution in [0.1, 0.15) is 13.8 Å². The van der Waals surface area contributed by atoms with Crippen molar-refractivity contribution in [3.63, 3.8) is 0 Å². The van der Waals surface area contributed by atoms with E-state index in [0.29, 0.717) is 17.9 Å². The summed E-state index contributed by atoms with van der Waals surface area (Å²) in [4.78, 5) is 10.4. The van der Waals surface area contributed by atoms with Gasteiger partial charge >= 0.3 is 0 Å². The molecular weight excluding hydrogens is 282 g/mol. The lowest BCUT2D eigenvalue weighted by Gasteiger charge is -2.09.